The van der Waals surface area contributed by atoms with Gasteiger partial charge in [-0.1, -0.05) is 53.6 Å². The van der Waals surface area contributed by atoms with Crippen molar-refractivity contribution in [2.45, 2.75) is 18.8 Å². The molecule has 1 N–H and O–H groups in total. The molecule has 4 aliphatic rings. The lowest BCUT2D eigenvalue weighted by atomic mass is 9.59. The van der Waals surface area contributed by atoms with Gasteiger partial charge >= 0.3 is 0 Å². The van der Waals surface area contributed by atoms with Crippen molar-refractivity contribution in [1.29, 1.82) is 0 Å². The van der Waals surface area contributed by atoms with Crippen molar-refractivity contribution in [3.05, 3.63) is 122 Å². The molecule has 8 nitrogen and oxygen atoms in total. The van der Waals surface area contributed by atoms with Crippen LogP contribution in [0.4, 0.5) is 5.69 Å². The van der Waals surface area contributed by atoms with E-state index in [-0.39, 0.29) is 68.2 Å². The van der Waals surface area contributed by atoms with Gasteiger partial charge in [-0.25, -0.2) is 0 Å². The van der Waals surface area contributed by atoms with Gasteiger partial charge in [0, 0.05) is 34.3 Å². The number of allylic oxidation sites excluding steroid dienone is 6. The Morgan fingerprint density at radius 2 is 1.65 bits per heavy atom. The summed E-state index contributed by atoms with van der Waals surface area (Å²) in [4.78, 5) is 69.1. The molecule has 1 fully saturated rings. The summed E-state index contributed by atoms with van der Waals surface area (Å²) in [7, 11) is 1.38. The maximum absolute atomic E-state index is 14.2. The monoisotopic (exact) mass is 697 g/mol. The van der Waals surface area contributed by atoms with Crippen molar-refractivity contribution in [2.75, 3.05) is 12.0 Å². The summed E-state index contributed by atoms with van der Waals surface area (Å²) in [5.74, 6) is -4.56. The van der Waals surface area contributed by atoms with Crippen LogP contribution in [-0.2, 0) is 19.2 Å². The number of carbonyl (C=O) groups excluding carboxylic acids is 5. The maximum Gasteiger partial charge on any atom is 0.238 e. The van der Waals surface area contributed by atoms with Crippen LogP contribution in [0, 0.1) is 17.8 Å². The number of methoxy groups -OCH3 is 1. The van der Waals surface area contributed by atoms with Gasteiger partial charge in [0.25, 0.3) is 0 Å². The minimum Gasteiger partial charge on any atom is -0.503 e. The van der Waals surface area contributed by atoms with Gasteiger partial charge in [-0.15, -0.1) is 0 Å². The van der Waals surface area contributed by atoms with Crippen LogP contribution in [0.2, 0.25) is 5.02 Å². The van der Waals surface area contributed by atoms with Crippen LogP contribution in [0.5, 0.6) is 11.5 Å². The number of benzene rings is 3. The van der Waals surface area contributed by atoms with Crippen LogP contribution in [0.25, 0.3) is 0 Å². The van der Waals surface area contributed by atoms with Gasteiger partial charge in [-0.2, -0.15) is 0 Å². The van der Waals surface area contributed by atoms with Gasteiger partial charge in [0.2, 0.25) is 11.8 Å². The fourth-order valence-electron chi connectivity index (χ4n) is 7.27. The highest BCUT2D eigenvalue weighted by Crippen LogP contribution is 2.56. The van der Waals surface area contributed by atoms with E-state index in [0.29, 0.717) is 22.4 Å². The molecule has 0 spiro atoms. The molecule has 1 heterocycles. The fraction of sp³-hybridized carbons (Fsp3) is 0.194. The molecule has 3 aliphatic carbocycles. The smallest absolute Gasteiger partial charge is 0.238 e. The Hall–Kier alpha value is -4.60. The number of rotatable bonds is 5. The second-order valence-electron chi connectivity index (χ2n) is 11.7. The molecule has 1 aliphatic heterocycles. The van der Waals surface area contributed by atoms with Crippen LogP contribution in [-0.4, -0.2) is 41.4 Å². The van der Waals surface area contributed by atoms with Crippen LogP contribution < -0.4 is 9.64 Å². The second kappa shape index (κ2) is 11.3. The number of carbonyl (C=O) groups is 5. The Balaban J connectivity index is 1.28. The minimum absolute atomic E-state index is 0.00621. The molecule has 3 aromatic rings. The third-order valence-electron chi connectivity index (χ3n) is 9.36. The van der Waals surface area contributed by atoms with Crippen molar-refractivity contribution in [1.82, 2.24) is 0 Å². The lowest BCUT2D eigenvalue weighted by Gasteiger charge is -2.42. The molecule has 230 valence electrons. The predicted molar refractivity (Wildman–Crippen MR) is 173 cm³/mol. The zero-order valence-electron chi connectivity index (χ0n) is 24.3. The van der Waals surface area contributed by atoms with Gasteiger partial charge in [-0.05, 0) is 76.7 Å². The van der Waals surface area contributed by atoms with E-state index in [9.17, 15) is 29.1 Å². The largest absolute Gasteiger partial charge is 0.503 e. The fourth-order valence-corrected chi connectivity index (χ4v) is 7.94. The first-order valence-corrected chi connectivity index (χ1v) is 15.8. The van der Waals surface area contributed by atoms with Crippen molar-refractivity contribution >= 4 is 62.4 Å². The highest BCUT2D eigenvalue weighted by atomic mass is 79.9. The molecule has 0 bridgehead atoms. The Morgan fingerprint density at radius 3 is 2.35 bits per heavy atom. The number of imide groups is 1. The van der Waals surface area contributed by atoms with Gasteiger partial charge in [0.15, 0.2) is 28.8 Å². The Morgan fingerprint density at radius 1 is 0.957 bits per heavy atom. The van der Waals surface area contributed by atoms with Gasteiger partial charge < -0.3 is 9.84 Å². The minimum atomic E-state index is -0.781. The standard InChI is InChI=1S/C36H25BrClNO7/c1-46-28-14-19(13-26(38)34(28)43)29-21-11-12-22-30(23(21)15-24-31(29)27(40)16-25(37)33(24)42)36(45)39(35(22)44)20-9-7-18(8-10-20)32(41)17-5-3-2-4-6-17/h2-11,13-14,16,22-23,29-30,43H,12,15H2,1H3/t22-,23+,29-,30-/m0/s1. The molecule has 10 heteroatoms. The summed E-state index contributed by atoms with van der Waals surface area (Å²) in [6.07, 6.45) is 3.51. The van der Waals surface area contributed by atoms with Crippen LogP contribution in [0.3, 0.4) is 0 Å². The number of ketones is 3. The molecule has 0 saturated carbocycles. The second-order valence-corrected chi connectivity index (χ2v) is 13.0. The van der Waals surface area contributed by atoms with Gasteiger partial charge in [0.05, 0.1) is 34.1 Å². The summed E-state index contributed by atoms with van der Waals surface area (Å²) in [6, 6.07) is 18.3. The first kappa shape index (κ1) is 30.1. The molecule has 0 aromatic heterocycles. The first-order valence-electron chi connectivity index (χ1n) is 14.6. The number of ether oxygens (including phenoxy) is 1. The molecule has 0 radical (unpaired) electrons. The Kier molecular flexibility index (Phi) is 7.41. The summed E-state index contributed by atoms with van der Waals surface area (Å²) < 4.78 is 5.46. The van der Waals surface area contributed by atoms with Crippen molar-refractivity contribution in [3.8, 4) is 11.5 Å². The SMILES string of the molecule is COc1cc([C@H]2C3=CC[C@@H]4C(=O)N(c5ccc(C(=O)c6ccccc6)cc5)C(=O)[C@@H]4[C@@H]3CC3=C2C(=O)C=C(Br)C3=O)cc(Cl)c1O. The topological polar surface area (TPSA) is 118 Å². The van der Waals surface area contributed by atoms with E-state index in [1.54, 1.807) is 54.6 Å². The molecule has 46 heavy (non-hydrogen) atoms. The lowest BCUT2D eigenvalue weighted by molar-refractivity contribution is -0.123. The third kappa shape index (κ3) is 4.60. The van der Waals surface area contributed by atoms with Crippen LogP contribution in [0.15, 0.2) is 100 Å². The van der Waals surface area contributed by atoms with E-state index in [2.05, 4.69) is 15.9 Å². The number of hydrogen-bond acceptors (Lipinski definition) is 7. The van der Waals surface area contributed by atoms with E-state index in [1.807, 2.05) is 12.1 Å². The molecule has 2 amide bonds. The molecular weight excluding hydrogens is 674 g/mol. The summed E-state index contributed by atoms with van der Waals surface area (Å²) >= 11 is 9.60. The first-order chi connectivity index (χ1) is 22.1. The number of hydrogen-bond donors (Lipinski definition) is 1. The summed E-state index contributed by atoms with van der Waals surface area (Å²) in [5.41, 5.74) is 3.12. The molecule has 3 aromatic carbocycles. The number of phenolic OH excluding ortho intramolecular Hbond substituents is 1. The average Bonchev–Trinajstić information content (AvgIpc) is 3.33. The quantitative estimate of drug-likeness (QED) is 0.145. The third-order valence-corrected chi connectivity index (χ3v) is 10.2. The van der Waals surface area contributed by atoms with Gasteiger partial charge in [-0.3, -0.25) is 28.9 Å². The molecule has 4 atom stereocenters. The zero-order chi connectivity index (χ0) is 32.4. The summed E-state index contributed by atoms with van der Waals surface area (Å²) in [6.45, 7) is 0. The molecule has 0 unspecified atom stereocenters. The molecule has 1 saturated heterocycles. The zero-order valence-corrected chi connectivity index (χ0v) is 26.7. The van der Waals surface area contributed by atoms with E-state index in [0.717, 1.165) is 5.57 Å². The molecular formula is C36H25BrClNO7. The number of aromatic hydroxyl groups is 1. The number of amides is 2. The Bertz CT molecular complexity index is 1980. The highest BCUT2D eigenvalue weighted by molar-refractivity contribution is 9.12. The van der Waals surface area contributed by atoms with E-state index in [1.165, 1.54) is 24.2 Å². The maximum atomic E-state index is 14.2. The highest BCUT2D eigenvalue weighted by Gasteiger charge is 2.56. The van der Waals surface area contributed by atoms with E-state index in [4.69, 9.17) is 16.3 Å². The predicted octanol–water partition coefficient (Wildman–Crippen LogP) is 6.25. The molecule has 7 rings (SSSR count). The number of anilines is 1. The number of halogens is 2. The van der Waals surface area contributed by atoms with Crippen LogP contribution in [0.1, 0.15) is 40.2 Å². The van der Waals surface area contributed by atoms with Crippen LogP contribution >= 0.6 is 27.5 Å². The number of phenols is 1. The number of nitrogens with zero attached hydrogens (tertiary/aromatic N) is 1. The van der Waals surface area contributed by atoms with E-state index >= 15 is 0 Å². The van der Waals surface area contributed by atoms with Crippen molar-refractivity contribution in [3.63, 3.8) is 0 Å². The van der Waals surface area contributed by atoms with Crippen molar-refractivity contribution < 1.29 is 33.8 Å². The number of fused-ring (bicyclic) bond motifs is 3. The average molecular weight is 699 g/mol. The van der Waals surface area contributed by atoms with Crippen molar-refractivity contribution in [2.24, 2.45) is 17.8 Å². The normalized spacial score (nSPS) is 23.8. The lowest BCUT2D eigenvalue weighted by Crippen LogP contribution is -2.39. The summed E-state index contributed by atoms with van der Waals surface area (Å²) in [5, 5.41) is 10.4. The number of Topliss-reactive ketones (excluding diaryl/α,β-unsaturated/α-hetero) is 1. The Labute approximate surface area is 277 Å². The van der Waals surface area contributed by atoms with E-state index < -0.39 is 29.6 Å². The van der Waals surface area contributed by atoms with Gasteiger partial charge in [0.1, 0.15) is 0 Å².